The Morgan fingerprint density at radius 3 is 1.41 bits per heavy atom. The van der Waals surface area contributed by atoms with Crippen molar-refractivity contribution >= 4 is 17.9 Å². The number of rotatable bonds is 7. The Kier molecular flexibility index (Phi) is 29.5. The molecular weight excluding hydrogens is 675 g/mol. The minimum atomic E-state index is -0.127. The summed E-state index contributed by atoms with van der Waals surface area (Å²) in [4.78, 5) is 39.6. The summed E-state index contributed by atoms with van der Waals surface area (Å²) in [5.74, 6) is -0.291. The topological polar surface area (TPSA) is 82.1 Å². The van der Waals surface area contributed by atoms with Crippen LogP contribution in [0.4, 0.5) is 0 Å². The van der Waals surface area contributed by atoms with Gasteiger partial charge in [0.2, 0.25) is 0 Å². The molecule has 0 fully saturated rings. The average Bonchev–Trinajstić information content (AvgIpc) is 3.07. The van der Waals surface area contributed by atoms with E-state index in [-0.39, 0.29) is 34.8 Å². The van der Waals surface area contributed by atoms with E-state index in [0.29, 0.717) is 32.5 Å². The van der Waals surface area contributed by atoms with E-state index in [1.165, 1.54) is 77.0 Å². The van der Waals surface area contributed by atoms with Gasteiger partial charge >= 0.3 is 17.9 Å². The molecule has 54 heavy (non-hydrogen) atoms. The van der Waals surface area contributed by atoms with Gasteiger partial charge in [0, 0.05) is 6.54 Å². The highest BCUT2D eigenvalue weighted by Crippen LogP contribution is 2.37. The van der Waals surface area contributed by atoms with Crippen molar-refractivity contribution < 1.29 is 28.6 Å². The molecule has 1 rings (SSSR count). The van der Waals surface area contributed by atoms with Crippen LogP contribution in [0, 0.1) is 10.8 Å². The van der Waals surface area contributed by atoms with Crippen molar-refractivity contribution in [2.24, 2.45) is 10.8 Å². The number of carbonyl (C=O) groups excluding carboxylic acids is 3. The summed E-state index contributed by atoms with van der Waals surface area (Å²) < 4.78 is 17.0. The number of hydrogen-bond acceptors (Lipinski definition) is 7. The molecule has 0 bridgehead atoms. The van der Waals surface area contributed by atoms with Crippen molar-refractivity contribution in [3.05, 3.63) is 24.3 Å². The Bertz CT molecular complexity index is 962. The summed E-state index contributed by atoms with van der Waals surface area (Å²) in [7, 11) is 4.23. The summed E-state index contributed by atoms with van der Waals surface area (Å²) in [6.45, 7) is 11.0. The largest absolute Gasteiger partial charge is 0.465 e. The first-order chi connectivity index (χ1) is 25.9. The number of hydrogen-bond donors (Lipinski definition) is 0. The summed E-state index contributed by atoms with van der Waals surface area (Å²) in [5, 5.41) is 0. The fraction of sp³-hybridized carbons (Fsp3) is 0.851. The van der Waals surface area contributed by atoms with Crippen molar-refractivity contribution in [2.75, 3.05) is 33.9 Å². The number of nitrogens with zero attached hydrogens (tertiary/aromatic N) is 1. The Morgan fingerprint density at radius 2 is 0.981 bits per heavy atom. The van der Waals surface area contributed by atoms with E-state index in [4.69, 9.17) is 14.2 Å². The van der Waals surface area contributed by atoms with Crippen LogP contribution in [0.1, 0.15) is 207 Å². The Morgan fingerprint density at radius 1 is 0.593 bits per heavy atom. The van der Waals surface area contributed by atoms with Gasteiger partial charge in [0.05, 0.1) is 32.5 Å². The highest BCUT2D eigenvalue weighted by Gasteiger charge is 2.32. The molecular formula is C47H85NO6. The minimum absolute atomic E-state index is 0.0121. The van der Waals surface area contributed by atoms with E-state index >= 15 is 0 Å². The maximum atomic E-state index is 13.3. The number of ether oxygens (including phenoxy) is 3. The minimum Gasteiger partial charge on any atom is -0.465 e. The van der Waals surface area contributed by atoms with Gasteiger partial charge in [-0.2, -0.15) is 0 Å². The fourth-order valence-electron chi connectivity index (χ4n) is 8.18. The Balaban J connectivity index is 2.58. The lowest BCUT2D eigenvalue weighted by molar-refractivity contribution is -0.152. The van der Waals surface area contributed by atoms with E-state index < -0.39 is 0 Å². The number of esters is 3. The molecule has 1 heterocycles. The first-order valence-corrected chi connectivity index (χ1v) is 22.3. The van der Waals surface area contributed by atoms with Crippen molar-refractivity contribution in [1.29, 1.82) is 0 Å². The van der Waals surface area contributed by atoms with Gasteiger partial charge < -0.3 is 19.1 Å². The lowest BCUT2D eigenvalue weighted by Crippen LogP contribution is -2.34. The second-order valence-corrected chi connectivity index (χ2v) is 18.0. The van der Waals surface area contributed by atoms with E-state index in [0.717, 1.165) is 90.0 Å². The Hall–Kier alpha value is -2.15. The van der Waals surface area contributed by atoms with Gasteiger partial charge in [0.15, 0.2) is 0 Å². The molecule has 0 atom stereocenters. The molecule has 0 N–H and O–H groups in total. The molecule has 0 saturated carbocycles. The fourth-order valence-corrected chi connectivity index (χ4v) is 8.18. The van der Waals surface area contributed by atoms with Crippen molar-refractivity contribution in [2.45, 2.75) is 214 Å². The quantitative estimate of drug-likeness (QED) is 0.145. The second-order valence-electron chi connectivity index (χ2n) is 18.0. The van der Waals surface area contributed by atoms with Crippen molar-refractivity contribution in [1.82, 2.24) is 4.90 Å². The molecule has 0 amide bonds. The summed E-state index contributed by atoms with van der Waals surface area (Å²) in [6.07, 6.45) is 37.2. The highest BCUT2D eigenvalue weighted by atomic mass is 16.5. The lowest BCUT2D eigenvalue weighted by atomic mass is 9.73. The average molecular weight is 760 g/mol. The SMILES string of the molecule is CN(C)CC(C)(C)CC(C)(C)CC(=O)OC1CCCCCCCCC=CCC(=O)OCCCCCCCCCCOC(=O)CC=CCCCCCCCC1. The maximum absolute atomic E-state index is 13.3. The summed E-state index contributed by atoms with van der Waals surface area (Å²) in [5.41, 5.74) is 0.0204. The molecule has 0 aromatic rings. The third-order valence-electron chi connectivity index (χ3n) is 10.4. The van der Waals surface area contributed by atoms with E-state index in [9.17, 15) is 14.4 Å². The van der Waals surface area contributed by atoms with E-state index in [2.05, 4.69) is 58.8 Å². The molecule has 0 saturated heterocycles. The van der Waals surface area contributed by atoms with Gasteiger partial charge in [-0.3, -0.25) is 14.4 Å². The number of cyclic esters (lactones) is 2. The van der Waals surface area contributed by atoms with Crippen LogP contribution in [0.5, 0.6) is 0 Å². The summed E-state index contributed by atoms with van der Waals surface area (Å²) in [6, 6.07) is 0. The lowest BCUT2D eigenvalue weighted by Gasteiger charge is -2.36. The van der Waals surface area contributed by atoms with Crippen LogP contribution in [0.25, 0.3) is 0 Å². The van der Waals surface area contributed by atoms with Gasteiger partial charge in [-0.25, -0.2) is 0 Å². The monoisotopic (exact) mass is 760 g/mol. The molecule has 0 aromatic carbocycles. The highest BCUT2D eigenvalue weighted by molar-refractivity contribution is 5.71. The van der Waals surface area contributed by atoms with Crippen LogP contribution >= 0.6 is 0 Å². The first-order valence-electron chi connectivity index (χ1n) is 22.3. The molecule has 0 unspecified atom stereocenters. The zero-order valence-electron chi connectivity index (χ0n) is 36.2. The third kappa shape index (κ3) is 32.1. The molecule has 0 aromatic heterocycles. The smallest absolute Gasteiger partial charge is 0.309 e. The molecule has 7 nitrogen and oxygen atoms in total. The van der Waals surface area contributed by atoms with E-state index in [1.807, 2.05) is 12.2 Å². The summed E-state index contributed by atoms with van der Waals surface area (Å²) >= 11 is 0. The van der Waals surface area contributed by atoms with Gasteiger partial charge in [-0.05, 0) is 95.6 Å². The van der Waals surface area contributed by atoms with E-state index in [1.54, 1.807) is 0 Å². The third-order valence-corrected chi connectivity index (χ3v) is 10.4. The van der Waals surface area contributed by atoms with Gasteiger partial charge in [-0.1, -0.05) is 142 Å². The van der Waals surface area contributed by atoms with Crippen LogP contribution in [-0.2, 0) is 28.6 Å². The van der Waals surface area contributed by atoms with Crippen LogP contribution in [0.2, 0.25) is 0 Å². The maximum Gasteiger partial charge on any atom is 0.309 e. The van der Waals surface area contributed by atoms with Crippen LogP contribution < -0.4 is 0 Å². The Labute approximate surface area is 333 Å². The molecule has 7 heteroatoms. The standard InChI is InChI=1S/C47H85NO6/c1-46(2,40-47(3,4)41-48(5)6)39-45(51)54-42-33-27-21-15-9-7-11-17-23-29-35-43(49)52-37-31-25-19-13-14-20-26-32-38-53-44(50)36-30-24-18-12-8-10-16-22-28-34-42/h23-24,29-30,42H,7-22,25-28,31-41H2,1-6H3. The van der Waals surface area contributed by atoms with Crippen LogP contribution in [0.3, 0.4) is 0 Å². The normalized spacial score (nSPS) is 21.4. The van der Waals surface area contributed by atoms with Crippen LogP contribution in [-0.4, -0.2) is 62.8 Å². The second kappa shape index (κ2) is 32.0. The zero-order valence-corrected chi connectivity index (χ0v) is 36.2. The number of carbonyl (C=O) groups is 3. The molecule has 0 spiro atoms. The molecule has 0 aliphatic carbocycles. The van der Waals surface area contributed by atoms with Crippen LogP contribution in [0.15, 0.2) is 24.3 Å². The van der Waals surface area contributed by atoms with Crippen molar-refractivity contribution in [3.63, 3.8) is 0 Å². The molecule has 1 aliphatic heterocycles. The van der Waals surface area contributed by atoms with Gasteiger partial charge in [0.25, 0.3) is 0 Å². The first kappa shape index (κ1) is 49.9. The predicted molar refractivity (Wildman–Crippen MR) is 225 cm³/mol. The number of allylic oxidation sites excluding steroid dienone is 2. The van der Waals surface area contributed by atoms with Crippen molar-refractivity contribution in [3.8, 4) is 0 Å². The predicted octanol–water partition coefficient (Wildman–Crippen LogP) is 12.6. The van der Waals surface area contributed by atoms with Gasteiger partial charge in [-0.15, -0.1) is 0 Å². The molecule has 0 radical (unpaired) electrons. The molecule has 314 valence electrons. The molecule has 1 aliphatic rings. The zero-order chi connectivity index (χ0) is 39.8. The van der Waals surface area contributed by atoms with Gasteiger partial charge in [0.1, 0.15) is 6.10 Å².